The molecule has 2 aromatic rings. The Bertz CT molecular complexity index is 725. The van der Waals surface area contributed by atoms with Crippen LogP contribution in [0.4, 0.5) is 0 Å². The molecule has 24 heavy (non-hydrogen) atoms. The molecule has 0 nitrogen and oxygen atoms in total. The molecule has 2 aliphatic carbocycles. The van der Waals surface area contributed by atoms with Crippen LogP contribution in [0, 0.1) is 0 Å². The van der Waals surface area contributed by atoms with Gasteiger partial charge >= 0.3 is 0 Å². The molecule has 0 aliphatic heterocycles. The van der Waals surface area contributed by atoms with Crippen LogP contribution in [0.1, 0.15) is 84.7 Å². The molecule has 0 saturated carbocycles. The van der Waals surface area contributed by atoms with Crippen molar-refractivity contribution in [2.45, 2.75) is 77.0 Å². The molecule has 0 N–H and O–H groups in total. The van der Waals surface area contributed by atoms with Gasteiger partial charge in [-0.3, -0.25) is 0 Å². The molecule has 0 amide bonds. The molecule has 0 fully saturated rings. The van der Waals surface area contributed by atoms with Crippen LogP contribution in [0.25, 0.3) is 0 Å². The van der Waals surface area contributed by atoms with Gasteiger partial charge in [-0.15, -0.1) is 0 Å². The molecule has 0 radical (unpaired) electrons. The predicted octanol–water partition coefficient (Wildman–Crippen LogP) is 6.35. The first-order chi connectivity index (χ1) is 11.8. The highest BCUT2D eigenvalue weighted by molar-refractivity contribution is 5.47. The number of benzene rings is 2. The number of unbranched alkanes of at least 4 members (excludes halogenated alkanes) is 1. The lowest BCUT2D eigenvalue weighted by Crippen LogP contribution is -2.06. The van der Waals surface area contributed by atoms with Gasteiger partial charge in [0.1, 0.15) is 0 Å². The highest BCUT2D eigenvalue weighted by Crippen LogP contribution is 2.41. The van der Waals surface area contributed by atoms with E-state index in [9.17, 15) is 0 Å². The Morgan fingerprint density at radius 1 is 0.958 bits per heavy atom. The summed E-state index contributed by atoms with van der Waals surface area (Å²) in [5, 5.41) is 0. The van der Waals surface area contributed by atoms with Gasteiger partial charge < -0.3 is 0 Å². The van der Waals surface area contributed by atoms with Crippen molar-refractivity contribution in [1.82, 2.24) is 0 Å². The van der Waals surface area contributed by atoms with Crippen molar-refractivity contribution in [2.75, 3.05) is 0 Å². The van der Waals surface area contributed by atoms with Crippen LogP contribution in [0.3, 0.4) is 0 Å². The second-order valence-electron chi connectivity index (χ2n) is 7.95. The molecule has 1 unspecified atom stereocenters. The molecule has 0 bridgehead atoms. The van der Waals surface area contributed by atoms with Gasteiger partial charge in [0.25, 0.3) is 0 Å². The molecule has 2 aliphatic rings. The molecule has 0 heteroatoms. The van der Waals surface area contributed by atoms with E-state index in [4.69, 9.17) is 0 Å². The van der Waals surface area contributed by atoms with E-state index in [1.807, 2.05) is 0 Å². The van der Waals surface area contributed by atoms with Crippen molar-refractivity contribution in [3.63, 3.8) is 0 Å². The summed E-state index contributed by atoms with van der Waals surface area (Å²) >= 11 is 0. The number of hydrogen-bond donors (Lipinski definition) is 0. The van der Waals surface area contributed by atoms with E-state index >= 15 is 0 Å². The smallest absolute Gasteiger partial charge is 0.0115 e. The van der Waals surface area contributed by atoms with Crippen molar-refractivity contribution in [1.29, 1.82) is 0 Å². The van der Waals surface area contributed by atoms with Crippen molar-refractivity contribution < 1.29 is 0 Å². The van der Waals surface area contributed by atoms with Gasteiger partial charge in [0.2, 0.25) is 0 Å². The highest BCUT2D eigenvalue weighted by atomic mass is 14.3. The first-order valence-electron chi connectivity index (χ1n) is 9.99. The Morgan fingerprint density at radius 2 is 1.83 bits per heavy atom. The van der Waals surface area contributed by atoms with Gasteiger partial charge in [-0.2, -0.15) is 0 Å². The highest BCUT2D eigenvalue weighted by Gasteiger charge is 2.27. The summed E-state index contributed by atoms with van der Waals surface area (Å²) in [6.45, 7) is 4.72. The first kappa shape index (κ1) is 15.9. The Kier molecular flexibility index (Phi) is 4.48. The average molecular weight is 319 g/mol. The third kappa shape index (κ3) is 2.81. The molecule has 0 saturated heterocycles. The molecular weight excluding hydrogens is 288 g/mol. The van der Waals surface area contributed by atoms with E-state index in [0.717, 1.165) is 11.8 Å². The maximum absolute atomic E-state index is 2.46. The SMILES string of the molecule is CCCCc1ccc2c(c1C[C@@H]1CCc3ccccc31)CCC2C. The topological polar surface area (TPSA) is 0 Å². The fourth-order valence-corrected chi connectivity index (χ4v) is 4.99. The minimum Gasteiger partial charge on any atom is -0.0654 e. The summed E-state index contributed by atoms with van der Waals surface area (Å²) in [6, 6.07) is 14.1. The summed E-state index contributed by atoms with van der Waals surface area (Å²) in [4.78, 5) is 0. The van der Waals surface area contributed by atoms with Gasteiger partial charge in [0, 0.05) is 0 Å². The second-order valence-corrected chi connectivity index (χ2v) is 7.95. The molecule has 0 aromatic heterocycles. The van der Waals surface area contributed by atoms with Gasteiger partial charge in [0.05, 0.1) is 0 Å². The zero-order chi connectivity index (χ0) is 16.5. The summed E-state index contributed by atoms with van der Waals surface area (Å²) < 4.78 is 0. The van der Waals surface area contributed by atoms with Crippen LogP contribution < -0.4 is 0 Å². The van der Waals surface area contributed by atoms with Gasteiger partial charge in [-0.05, 0) is 90.2 Å². The number of rotatable bonds is 5. The Labute approximate surface area is 147 Å². The van der Waals surface area contributed by atoms with Crippen LogP contribution >= 0.6 is 0 Å². The van der Waals surface area contributed by atoms with Crippen LogP contribution in [0.15, 0.2) is 36.4 Å². The summed E-state index contributed by atoms with van der Waals surface area (Å²) in [7, 11) is 0. The maximum Gasteiger partial charge on any atom is -0.0115 e. The number of hydrogen-bond acceptors (Lipinski definition) is 0. The summed E-state index contributed by atoms with van der Waals surface area (Å²) in [5.41, 5.74) is 9.97. The van der Waals surface area contributed by atoms with E-state index in [-0.39, 0.29) is 0 Å². The van der Waals surface area contributed by atoms with E-state index in [0.29, 0.717) is 0 Å². The van der Waals surface area contributed by atoms with Gasteiger partial charge in [0.15, 0.2) is 0 Å². The van der Waals surface area contributed by atoms with E-state index in [1.165, 1.54) is 51.4 Å². The quantitative estimate of drug-likeness (QED) is 0.602. The van der Waals surface area contributed by atoms with Crippen molar-refractivity contribution in [2.24, 2.45) is 0 Å². The Hall–Kier alpha value is -1.56. The maximum atomic E-state index is 2.46. The minimum absolute atomic E-state index is 0.740. The number of fused-ring (bicyclic) bond motifs is 2. The van der Waals surface area contributed by atoms with Crippen molar-refractivity contribution >= 4 is 0 Å². The van der Waals surface area contributed by atoms with E-state index in [2.05, 4.69) is 50.2 Å². The zero-order valence-electron chi connectivity index (χ0n) is 15.3. The third-order valence-corrected chi connectivity index (χ3v) is 6.43. The monoisotopic (exact) mass is 318 g/mol. The van der Waals surface area contributed by atoms with E-state index < -0.39 is 0 Å². The lowest BCUT2D eigenvalue weighted by atomic mass is 9.85. The van der Waals surface area contributed by atoms with Crippen molar-refractivity contribution in [3.05, 3.63) is 69.8 Å². The molecule has 0 heterocycles. The molecule has 0 spiro atoms. The van der Waals surface area contributed by atoms with Crippen LogP contribution in [-0.4, -0.2) is 0 Å². The van der Waals surface area contributed by atoms with E-state index in [1.54, 1.807) is 33.4 Å². The third-order valence-electron chi connectivity index (χ3n) is 6.43. The van der Waals surface area contributed by atoms with Crippen LogP contribution in [0.2, 0.25) is 0 Å². The van der Waals surface area contributed by atoms with Gasteiger partial charge in [-0.1, -0.05) is 56.7 Å². The lowest BCUT2D eigenvalue weighted by Gasteiger charge is -2.20. The van der Waals surface area contributed by atoms with Crippen molar-refractivity contribution in [3.8, 4) is 0 Å². The molecular formula is C24H30. The van der Waals surface area contributed by atoms with Crippen LogP contribution in [-0.2, 0) is 25.7 Å². The average Bonchev–Trinajstić information content (AvgIpc) is 3.19. The lowest BCUT2D eigenvalue weighted by molar-refractivity contribution is 0.662. The molecule has 2 atom stereocenters. The zero-order valence-corrected chi connectivity index (χ0v) is 15.3. The summed E-state index contributed by atoms with van der Waals surface area (Å²) in [5.74, 6) is 1.50. The first-order valence-corrected chi connectivity index (χ1v) is 9.99. The number of aryl methyl sites for hydroxylation is 2. The second kappa shape index (κ2) is 6.75. The van der Waals surface area contributed by atoms with Crippen LogP contribution in [0.5, 0.6) is 0 Å². The summed E-state index contributed by atoms with van der Waals surface area (Å²) in [6.07, 6.45) is 10.4. The molecule has 2 aromatic carbocycles. The Morgan fingerprint density at radius 3 is 2.71 bits per heavy atom. The Balaban J connectivity index is 1.69. The largest absolute Gasteiger partial charge is 0.0654 e. The predicted molar refractivity (Wildman–Crippen MR) is 103 cm³/mol. The van der Waals surface area contributed by atoms with Gasteiger partial charge in [-0.25, -0.2) is 0 Å². The fourth-order valence-electron chi connectivity index (χ4n) is 4.99. The minimum atomic E-state index is 0.740. The molecule has 4 rings (SSSR count). The molecule has 126 valence electrons. The normalized spacial score (nSPS) is 21.8. The standard InChI is InChI=1S/C24H30/c1-3-4-7-19-13-15-21-17(2)10-14-23(21)24(19)16-20-12-11-18-8-5-6-9-22(18)20/h5-6,8-9,13,15,17,20H,3-4,7,10-12,14,16H2,1-2H3/t17?,20-/m0/s1. The fraction of sp³-hybridized carbons (Fsp3) is 0.500.